The van der Waals surface area contributed by atoms with E-state index in [0.717, 1.165) is 27.8 Å². The lowest BCUT2D eigenvalue weighted by atomic mass is 9.97. The summed E-state index contributed by atoms with van der Waals surface area (Å²) < 4.78 is 0. The van der Waals surface area contributed by atoms with E-state index < -0.39 is 0 Å². The van der Waals surface area contributed by atoms with Crippen molar-refractivity contribution in [2.45, 2.75) is 13.3 Å². The molecule has 0 aliphatic carbocycles. The molecule has 0 radical (unpaired) electrons. The van der Waals surface area contributed by atoms with Crippen molar-refractivity contribution in [2.75, 3.05) is 0 Å². The van der Waals surface area contributed by atoms with E-state index in [0.29, 0.717) is 17.9 Å². The van der Waals surface area contributed by atoms with Crippen molar-refractivity contribution in [3.63, 3.8) is 0 Å². The molecule has 0 saturated carbocycles. The van der Waals surface area contributed by atoms with Gasteiger partial charge >= 0.3 is 0 Å². The van der Waals surface area contributed by atoms with Crippen molar-refractivity contribution < 1.29 is 10.2 Å². The summed E-state index contributed by atoms with van der Waals surface area (Å²) in [5.74, 6) is 0.594. The molecule has 0 unspecified atom stereocenters. The van der Waals surface area contributed by atoms with Gasteiger partial charge in [0, 0.05) is 6.42 Å². The van der Waals surface area contributed by atoms with E-state index in [1.807, 2.05) is 49.4 Å². The molecule has 0 atom stereocenters. The third-order valence-corrected chi connectivity index (χ3v) is 3.84. The van der Waals surface area contributed by atoms with Crippen molar-refractivity contribution in [1.29, 1.82) is 0 Å². The molecule has 0 heterocycles. The standard InChI is InChI=1S/C20H18O2/c1-14-11-15(7-9-19(14)21)12-18-13-17(8-10-20(18)22)16-5-3-2-4-6-16/h2-11,13,21-22H,12H2,1H3. The molecule has 22 heavy (non-hydrogen) atoms. The van der Waals surface area contributed by atoms with Gasteiger partial charge in [-0.05, 0) is 52.9 Å². The average Bonchev–Trinajstić information content (AvgIpc) is 2.54. The number of phenolic OH excluding ortho intramolecular Hbond substituents is 2. The maximum atomic E-state index is 10.1. The highest BCUT2D eigenvalue weighted by Crippen LogP contribution is 2.28. The topological polar surface area (TPSA) is 40.5 Å². The van der Waals surface area contributed by atoms with Crippen molar-refractivity contribution >= 4 is 0 Å². The maximum Gasteiger partial charge on any atom is 0.119 e. The Kier molecular flexibility index (Phi) is 3.84. The Morgan fingerprint density at radius 3 is 2.18 bits per heavy atom. The molecule has 0 amide bonds. The van der Waals surface area contributed by atoms with Gasteiger partial charge in [0.05, 0.1) is 0 Å². The lowest BCUT2D eigenvalue weighted by Gasteiger charge is -2.09. The minimum Gasteiger partial charge on any atom is -0.508 e. The zero-order valence-electron chi connectivity index (χ0n) is 12.5. The first kappa shape index (κ1) is 14.2. The molecule has 3 rings (SSSR count). The van der Waals surface area contributed by atoms with E-state index in [9.17, 15) is 10.2 Å². The summed E-state index contributed by atoms with van der Waals surface area (Å²) in [6, 6.07) is 21.3. The molecule has 0 bridgehead atoms. The molecule has 3 aromatic carbocycles. The summed E-state index contributed by atoms with van der Waals surface area (Å²) in [5, 5.41) is 19.7. The van der Waals surface area contributed by atoms with Crippen LogP contribution in [0.5, 0.6) is 11.5 Å². The molecule has 0 saturated heterocycles. The molecule has 0 spiro atoms. The fraction of sp³-hybridized carbons (Fsp3) is 0.100. The van der Waals surface area contributed by atoms with Gasteiger partial charge in [-0.2, -0.15) is 0 Å². The second-order valence-electron chi connectivity index (χ2n) is 5.51. The van der Waals surface area contributed by atoms with Crippen LogP contribution in [0.25, 0.3) is 11.1 Å². The van der Waals surface area contributed by atoms with Crippen LogP contribution in [0.2, 0.25) is 0 Å². The Hall–Kier alpha value is -2.74. The van der Waals surface area contributed by atoms with Crippen LogP contribution < -0.4 is 0 Å². The minimum absolute atomic E-state index is 0.297. The van der Waals surface area contributed by atoms with Gasteiger partial charge in [0.2, 0.25) is 0 Å². The van der Waals surface area contributed by atoms with Crippen LogP contribution in [0, 0.1) is 6.92 Å². The summed E-state index contributed by atoms with van der Waals surface area (Å²) in [5.41, 5.74) is 5.01. The predicted octanol–water partition coefficient (Wildman–Crippen LogP) is 4.66. The second kappa shape index (κ2) is 5.94. The number of hydrogen-bond donors (Lipinski definition) is 2. The fourth-order valence-electron chi connectivity index (χ4n) is 2.58. The van der Waals surface area contributed by atoms with Gasteiger partial charge in [-0.15, -0.1) is 0 Å². The molecule has 110 valence electrons. The van der Waals surface area contributed by atoms with E-state index in [-0.39, 0.29) is 0 Å². The third-order valence-electron chi connectivity index (χ3n) is 3.84. The van der Waals surface area contributed by atoms with E-state index in [2.05, 4.69) is 12.1 Å². The van der Waals surface area contributed by atoms with E-state index in [1.165, 1.54) is 0 Å². The molecular formula is C20H18O2. The number of rotatable bonds is 3. The molecule has 0 aliphatic heterocycles. The summed E-state index contributed by atoms with van der Waals surface area (Å²) >= 11 is 0. The summed E-state index contributed by atoms with van der Waals surface area (Å²) in [7, 11) is 0. The third kappa shape index (κ3) is 2.96. The van der Waals surface area contributed by atoms with E-state index in [1.54, 1.807) is 12.1 Å². The Labute approximate surface area is 130 Å². The van der Waals surface area contributed by atoms with Gasteiger partial charge in [0.25, 0.3) is 0 Å². The minimum atomic E-state index is 0.297. The van der Waals surface area contributed by atoms with E-state index >= 15 is 0 Å². The number of aryl methyl sites for hydroxylation is 1. The molecular weight excluding hydrogens is 272 g/mol. The number of benzene rings is 3. The summed E-state index contributed by atoms with van der Waals surface area (Å²) in [6.07, 6.45) is 0.633. The van der Waals surface area contributed by atoms with Crippen LogP contribution in [0.1, 0.15) is 16.7 Å². The quantitative estimate of drug-likeness (QED) is 0.736. The van der Waals surface area contributed by atoms with Crippen molar-refractivity contribution in [1.82, 2.24) is 0 Å². The maximum absolute atomic E-state index is 10.1. The zero-order chi connectivity index (χ0) is 15.5. The average molecular weight is 290 g/mol. The van der Waals surface area contributed by atoms with Crippen molar-refractivity contribution in [3.05, 3.63) is 83.4 Å². The molecule has 0 aliphatic rings. The fourth-order valence-corrected chi connectivity index (χ4v) is 2.58. The highest BCUT2D eigenvalue weighted by molar-refractivity contribution is 5.65. The van der Waals surface area contributed by atoms with Crippen LogP contribution >= 0.6 is 0 Å². The predicted molar refractivity (Wildman–Crippen MR) is 89.2 cm³/mol. The van der Waals surface area contributed by atoms with Crippen LogP contribution in [0.3, 0.4) is 0 Å². The first-order valence-electron chi connectivity index (χ1n) is 7.29. The normalized spacial score (nSPS) is 10.6. The zero-order valence-corrected chi connectivity index (χ0v) is 12.5. The SMILES string of the molecule is Cc1cc(Cc2cc(-c3ccccc3)ccc2O)ccc1O. The Balaban J connectivity index is 1.95. The van der Waals surface area contributed by atoms with Crippen LogP contribution in [-0.2, 0) is 6.42 Å². The van der Waals surface area contributed by atoms with Crippen molar-refractivity contribution in [3.8, 4) is 22.6 Å². The summed E-state index contributed by atoms with van der Waals surface area (Å²) in [4.78, 5) is 0. The lowest BCUT2D eigenvalue weighted by molar-refractivity contribution is 0.469. The molecule has 2 nitrogen and oxygen atoms in total. The number of hydrogen-bond acceptors (Lipinski definition) is 2. The van der Waals surface area contributed by atoms with Gasteiger partial charge in [-0.3, -0.25) is 0 Å². The largest absolute Gasteiger partial charge is 0.508 e. The van der Waals surface area contributed by atoms with Gasteiger partial charge in [0.1, 0.15) is 11.5 Å². The molecule has 2 N–H and O–H groups in total. The Bertz CT molecular complexity index is 792. The first-order valence-corrected chi connectivity index (χ1v) is 7.29. The smallest absolute Gasteiger partial charge is 0.119 e. The van der Waals surface area contributed by atoms with Gasteiger partial charge < -0.3 is 10.2 Å². The molecule has 3 aromatic rings. The van der Waals surface area contributed by atoms with E-state index in [4.69, 9.17) is 0 Å². The van der Waals surface area contributed by atoms with Gasteiger partial charge in [-0.1, -0.05) is 48.5 Å². The van der Waals surface area contributed by atoms with Crippen LogP contribution in [0.4, 0.5) is 0 Å². The van der Waals surface area contributed by atoms with Crippen LogP contribution in [-0.4, -0.2) is 10.2 Å². The first-order chi connectivity index (χ1) is 10.6. The highest BCUT2D eigenvalue weighted by Gasteiger charge is 2.07. The number of aromatic hydroxyl groups is 2. The number of phenols is 2. The van der Waals surface area contributed by atoms with Gasteiger partial charge in [-0.25, -0.2) is 0 Å². The Morgan fingerprint density at radius 1 is 0.727 bits per heavy atom. The molecule has 0 aromatic heterocycles. The Morgan fingerprint density at radius 2 is 1.45 bits per heavy atom. The van der Waals surface area contributed by atoms with Crippen molar-refractivity contribution in [2.24, 2.45) is 0 Å². The molecule has 2 heteroatoms. The van der Waals surface area contributed by atoms with Crippen LogP contribution in [0.15, 0.2) is 66.7 Å². The second-order valence-corrected chi connectivity index (χ2v) is 5.51. The lowest BCUT2D eigenvalue weighted by Crippen LogP contribution is -1.91. The highest BCUT2D eigenvalue weighted by atomic mass is 16.3. The summed E-state index contributed by atoms with van der Waals surface area (Å²) in [6.45, 7) is 1.87. The molecule has 0 fully saturated rings. The van der Waals surface area contributed by atoms with Gasteiger partial charge in [0.15, 0.2) is 0 Å². The monoisotopic (exact) mass is 290 g/mol.